The maximum absolute atomic E-state index is 13.1. The lowest BCUT2D eigenvalue weighted by Gasteiger charge is -2.42. The number of ether oxygens (including phenoxy) is 1. The van der Waals surface area contributed by atoms with Crippen molar-refractivity contribution in [3.8, 4) is 0 Å². The number of amides is 2. The van der Waals surface area contributed by atoms with Crippen LogP contribution in [0.2, 0.25) is 0 Å². The Hall–Kier alpha value is -2.54. The molecular weight excluding hydrogens is 396 g/mol. The standard InChI is InChI=1S/C24H30N2O5/c1-3-17(4-2)31-18-13-25(14-18)15-8-10-19-20(12-15)24(30)26(23(19)29)21-11-9-16(27)6-5-7-22(21)28/h8,10,12,17-18,21H,3-7,9,11,13-14H2,1-2H3. The first-order valence-corrected chi connectivity index (χ1v) is 11.4. The normalized spacial score (nSPS) is 22.6. The third-order valence-corrected chi connectivity index (χ3v) is 6.67. The zero-order chi connectivity index (χ0) is 22.1. The monoisotopic (exact) mass is 426 g/mol. The lowest BCUT2D eigenvalue weighted by molar-refractivity contribution is -0.125. The highest BCUT2D eigenvalue weighted by atomic mass is 16.5. The van der Waals surface area contributed by atoms with E-state index in [4.69, 9.17) is 4.74 Å². The van der Waals surface area contributed by atoms with Crippen molar-refractivity contribution >= 4 is 29.1 Å². The third-order valence-electron chi connectivity index (χ3n) is 6.67. The van der Waals surface area contributed by atoms with Crippen molar-refractivity contribution < 1.29 is 23.9 Å². The zero-order valence-corrected chi connectivity index (χ0v) is 18.3. The highest BCUT2D eigenvalue weighted by Gasteiger charge is 2.43. The zero-order valence-electron chi connectivity index (χ0n) is 18.3. The van der Waals surface area contributed by atoms with E-state index in [9.17, 15) is 19.2 Å². The number of carbonyl (C=O) groups is 4. The van der Waals surface area contributed by atoms with Gasteiger partial charge in [0.2, 0.25) is 0 Å². The van der Waals surface area contributed by atoms with Crippen LogP contribution in [-0.4, -0.2) is 59.6 Å². The number of carbonyl (C=O) groups excluding carboxylic acids is 4. The van der Waals surface area contributed by atoms with Crippen LogP contribution in [0.1, 0.15) is 79.5 Å². The van der Waals surface area contributed by atoms with Crippen molar-refractivity contribution in [3.05, 3.63) is 29.3 Å². The number of imide groups is 1. The second kappa shape index (κ2) is 8.91. The molecule has 166 valence electrons. The smallest absolute Gasteiger partial charge is 0.262 e. The molecule has 2 amide bonds. The van der Waals surface area contributed by atoms with Crippen molar-refractivity contribution in [2.75, 3.05) is 18.0 Å². The molecule has 1 unspecified atom stereocenters. The van der Waals surface area contributed by atoms with E-state index < -0.39 is 17.9 Å². The van der Waals surface area contributed by atoms with Gasteiger partial charge in [0.1, 0.15) is 5.78 Å². The van der Waals surface area contributed by atoms with Gasteiger partial charge < -0.3 is 9.64 Å². The Balaban J connectivity index is 1.48. The Morgan fingerprint density at radius 1 is 0.968 bits per heavy atom. The maximum Gasteiger partial charge on any atom is 0.262 e. The summed E-state index contributed by atoms with van der Waals surface area (Å²) < 4.78 is 6.07. The molecule has 1 aromatic rings. The molecule has 0 radical (unpaired) electrons. The Morgan fingerprint density at radius 3 is 2.39 bits per heavy atom. The van der Waals surface area contributed by atoms with Crippen molar-refractivity contribution in [2.24, 2.45) is 0 Å². The molecule has 0 N–H and O–H groups in total. The summed E-state index contributed by atoms with van der Waals surface area (Å²) in [7, 11) is 0. The van der Waals surface area contributed by atoms with Crippen molar-refractivity contribution in [3.63, 3.8) is 0 Å². The fraction of sp³-hybridized carbons (Fsp3) is 0.583. The summed E-state index contributed by atoms with van der Waals surface area (Å²) in [6.45, 7) is 5.75. The van der Waals surface area contributed by atoms with E-state index in [0.29, 0.717) is 24.0 Å². The molecule has 2 heterocycles. The highest BCUT2D eigenvalue weighted by Crippen LogP contribution is 2.33. The number of rotatable bonds is 6. The molecule has 1 aromatic carbocycles. The summed E-state index contributed by atoms with van der Waals surface area (Å²) >= 11 is 0. The molecule has 1 saturated carbocycles. The molecular formula is C24H30N2O5. The SMILES string of the molecule is CCC(CC)OC1CN(c2ccc3c(c2)C(=O)N(C2CCC(=O)CCCC2=O)C3=O)C1. The van der Waals surface area contributed by atoms with Gasteiger partial charge in [-0.15, -0.1) is 0 Å². The predicted octanol–water partition coefficient (Wildman–Crippen LogP) is 3.15. The number of nitrogens with zero attached hydrogens (tertiary/aromatic N) is 2. The number of hydrogen-bond acceptors (Lipinski definition) is 6. The second-order valence-corrected chi connectivity index (χ2v) is 8.72. The van der Waals surface area contributed by atoms with E-state index in [0.717, 1.165) is 36.5 Å². The molecule has 1 atom stereocenters. The van der Waals surface area contributed by atoms with Gasteiger partial charge in [0.15, 0.2) is 5.78 Å². The van der Waals surface area contributed by atoms with Gasteiger partial charge in [0, 0.05) is 38.0 Å². The number of fused-ring (bicyclic) bond motifs is 1. The topological polar surface area (TPSA) is 84.0 Å². The van der Waals surface area contributed by atoms with Crippen LogP contribution in [0.3, 0.4) is 0 Å². The number of hydrogen-bond donors (Lipinski definition) is 0. The molecule has 4 rings (SSSR count). The predicted molar refractivity (Wildman–Crippen MR) is 115 cm³/mol. The molecule has 7 nitrogen and oxygen atoms in total. The van der Waals surface area contributed by atoms with E-state index in [1.54, 1.807) is 12.1 Å². The quantitative estimate of drug-likeness (QED) is 0.650. The van der Waals surface area contributed by atoms with Crippen LogP contribution >= 0.6 is 0 Å². The van der Waals surface area contributed by atoms with Crippen molar-refractivity contribution in [1.29, 1.82) is 0 Å². The second-order valence-electron chi connectivity index (χ2n) is 8.72. The largest absolute Gasteiger partial charge is 0.371 e. The van der Waals surface area contributed by atoms with Crippen LogP contribution in [0.15, 0.2) is 18.2 Å². The Morgan fingerprint density at radius 2 is 1.68 bits per heavy atom. The van der Waals surface area contributed by atoms with Gasteiger partial charge in [-0.1, -0.05) is 13.8 Å². The molecule has 1 aliphatic carbocycles. The van der Waals surface area contributed by atoms with Gasteiger partial charge >= 0.3 is 0 Å². The number of ketones is 2. The Kier molecular flexibility index (Phi) is 6.23. The highest BCUT2D eigenvalue weighted by molar-refractivity contribution is 6.23. The van der Waals surface area contributed by atoms with Gasteiger partial charge in [-0.05, 0) is 43.9 Å². The van der Waals surface area contributed by atoms with Crippen LogP contribution in [0.5, 0.6) is 0 Å². The minimum Gasteiger partial charge on any atom is -0.371 e. The number of anilines is 1. The van der Waals surface area contributed by atoms with Crippen LogP contribution in [0, 0.1) is 0 Å². The first-order valence-electron chi connectivity index (χ1n) is 11.4. The lowest BCUT2D eigenvalue weighted by atomic mass is 9.94. The molecule has 1 saturated heterocycles. The van der Waals surface area contributed by atoms with E-state index in [1.165, 1.54) is 0 Å². The molecule has 0 aromatic heterocycles. The molecule has 2 aliphatic heterocycles. The van der Waals surface area contributed by atoms with E-state index in [2.05, 4.69) is 18.7 Å². The van der Waals surface area contributed by atoms with Crippen LogP contribution in [0.25, 0.3) is 0 Å². The average Bonchev–Trinajstić information content (AvgIpc) is 2.97. The average molecular weight is 427 g/mol. The van der Waals surface area contributed by atoms with Crippen LogP contribution in [-0.2, 0) is 14.3 Å². The Labute approximate surface area is 182 Å². The molecule has 0 spiro atoms. The Bertz CT molecular complexity index is 901. The summed E-state index contributed by atoms with van der Waals surface area (Å²) in [4.78, 5) is 53.8. The molecule has 7 heteroatoms. The molecule has 0 bridgehead atoms. The first-order chi connectivity index (χ1) is 14.9. The molecule has 3 aliphatic rings. The van der Waals surface area contributed by atoms with Gasteiger partial charge in [-0.2, -0.15) is 0 Å². The molecule has 2 fully saturated rings. The summed E-state index contributed by atoms with van der Waals surface area (Å²) in [6.07, 6.45) is 3.97. The summed E-state index contributed by atoms with van der Waals surface area (Å²) in [6, 6.07) is 4.44. The minimum atomic E-state index is -0.845. The summed E-state index contributed by atoms with van der Waals surface area (Å²) in [5, 5.41) is 0. The minimum absolute atomic E-state index is 0.0827. The van der Waals surface area contributed by atoms with Crippen LogP contribution in [0.4, 0.5) is 5.69 Å². The van der Waals surface area contributed by atoms with E-state index in [1.807, 2.05) is 6.07 Å². The van der Waals surface area contributed by atoms with E-state index >= 15 is 0 Å². The van der Waals surface area contributed by atoms with Gasteiger partial charge in [0.05, 0.1) is 29.4 Å². The number of Topliss-reactive ketones (excluding diaryl/α,β-unsaturated/α-hetero) is 2. The van der Waals surface area contributed by atoms with Crippen LogP contribution < -0.4 is 4.90 Å². The fourth-order valence-corrected chi connectivity index (χ4v) is 4.70. The number of benzene rings is 1. The lowest BCUT2D eigenvalue weighted by Crippen LogP contribution is -2.53. The summed E-state index contributed by atoms with van der Waals surface area (Å²) in [5.41, 5.74) is 1.55. The first kappa shape index (κ1) is 21.7. The van der Waals surface area contributed by atoms with E-state index in [-0.39, 0.29) is 43.0 Å². The third kappa shape index (κ3) is 4.15. The summed E-state index contributed by atoms with van der Waals surface area (Å²) in [5.74, 6) is -0.916. The molecule has 31 heavy (non-hydrogen) atoms. The maximum atomic E-state index is 13.1. The fourth-order valence-electron chi connectivity index (χ4n) is 4.70. The van der Waals surface area contributed by atoms with Gasteiger partial charge in [-0.3, -0.25) is 24.1 Å². The van der Waals surface area contributed by atoms with Crippen molar-refractivity contribution in [2.45, 2.75) is 77.0 Å². The van der Waals surface area contributed by atoms with Gasteiger partial charge in [0.25, 0.3) is 11.8 Å². The van der Waals surface area contributed by atoms with Crippen molar-refractivity contribution in [1.82, 2.24) is 4.90 Å². The van der Waals surface area contributed by atoms with Gasteiger partial charge in [-0.25, -0.2) is 0 Å².